The molecule has 0 saturated heterocycles. The van der Waals surface area contributed by atoms with Crippen LogP contribution in [0.25, 0.3) is 0 Å². The number of aryl methyl sites for hydroxylation is 1. The highest BCUT2D eigenvalue weighted by Crippen LogP contribution is 2.09. The van der Waals surface area contributed by atoms with Crippen molar-refractivity contribution in [3.63, 3.8) is 0 Å². The second kappa shape index (κ2) is 7.98. The number of rotatable bonds is 7. The van der Waals surface area contributed by atoms with Crippen LogP contribution in [0, 0.1) is 0 Å². The predicted molar refractivity (Wildman–Crippen MR) is 86.2 cm³/mol. The monoisotopic (exact) mass is 316 g/mol. The van der Waals surface area contributed by atoms with Crippen molar-refractivity contribution in [3.8, 4) is 0 Å². The molecule has 23 heavy (non-hydrogen) atoms. The van der Waals surface area contributed by atoms with E-state index in [1.807, 2.05) is 30.3 Å². The Morgan fingerprint density at radius 1 is 1.26 bits per heavy atom. The van der Waals surface area contributed by atoms with Gasteiger partial charge in [-0.15, -0.1) is 0 Å². The fourth-order valence-corrected chi connectivity index (χ4v) is 2.26. The third-order valence-electron chi connectivity index (χ3n) is 3.43. The van der Waals surface area contributed by atoms with Gasteiger partial charge in [-0.05, 0) is 18.4 Å². The first-order chi connectivity index (χ1) is 11.0. The van der Waals surface area contributed by atoms with Crippen LogP contribution >= 0.6 is 0 Å². The Labute approximate surface area is 134 Å². The van der Waals surface area contributed by atoms with Gasteiger partial charge in [0.1, 0.15) is 5.82 Å². The third kappa shape index (κ3) is 5.46. The van der Waals surface area contributed by atoms with Crippen LogP contribution in [0.3, 0.4) is 0 Å². The van der Waals surface area contributed by atoms with E-state index in [0.717, 1.165) is 5.56 Å². The summed E-state index contributed by atoms with van der Waals surface area (Å²) < 4.78 is 1.54. The Hall–Kier alpha value is -2.83. The second-order valence-electron chi connectivity index (χ2n) is 5.26. The molecule has 0 fully saturated rings. The summed E-state index contributed by atoms with van der Waals surface area (Å²) in [4.78, 5) is 22.9. The number of carbonyl (C=O) groups is 2. The van der Waals surface area contributed by atoms with Gasteiger partial charge in [0.15, 0.2) is 0 Å². The summed E-state index contributed by atoms with van der Waals surface area (Å²) in [5.41, 5.74) is 1.05. The van der Waals surface area contributed by atoms with Crippen molar-refractivity contribution in [1.82, 2.24) is 15.1 Å². The molecule has 0 radical (unpaired) electrons. The van der Waals surface area contributed by atoms with Crippen LogP contribution in [0.1, 0.15) is 18.4 Å². The summed E-state index contributed by atoms with van der Waals surface area (Å²) in [5.74, 6) is -0.309. The number of nitrogens with zero attached hydrogens (tertiary/aromatic N) is 2. The van der Waals surface area contributed by atoms with E-state index in [1.165, 1.54) is 0 Å². The zero-order valence-corrected chi connectivity index (χ0v) is 12.9. The van der Waals surface area contributed by atoms with Crippen LogP contribution in [-0.2, 0) is 18.3 Å². The van der Waals surface area contributed by atoms with Crippen molar-refractivity contribution in [3.05, 3.63) is 48.2 Å². The van der Waals surface area contributed by atoms with E-state index in [-0.39, 0.29) is 18.5 Å². The van der Waals surface area contributed by atoms with E-state index < -0.39 is 5.97 Å². The van der Waals surface area contributed by atoms with Crippen LogP contribution in [0.15, 0.2) is 42.6 Å². The fraction of sp³-hybridized carbons (Fsp3) is 0.312. The number of nitrogens with one attached hydrogen (secondary N) is 2. The van der Waals surface area contributed by atoms with Gasteiger partial charge in [0, 0.05) is 25.6 Å². The molecular formula is C16H20N4O3. The van der Waals surface area contributed by atoms with E-state index in [2.05, 4.69) is 15.7 Å². The highest BCUT2D eigenvalue weighted by Gasteiger charge is 2.15. The zero-order valence-electron chi connectivity index (χ0n) is 12.9. The molecule has 0 aliphatic carbocycles. The molecule has 7 heteroatoms. The van der Waals surface area contributed by atoms with Gasteiger partial charge >= 0.3 is 12.0 Å². The summed E-state index contributed by atoms with van der Waals surface area (Å²) in [5, 5.41) is 18.4. The van der Waals surface area contributed by atoms with E-state index in [1.54, 1.807) is 24.0 Å². The van der Waals surface area contributed by atoms with E-state index in [0.29, 0.717) is 18.7 Å². The first-order valence-electron chi connectivity index (χ1n) is 7.36. The largest absolute Gasteiger partial charge is 0.481 e. The van der Waals surface area contributed by atoms with Crippen molar-refractivity contribution < 1.29 is 14.7 Å². The maximum atomic E-state index is 12.1. The molecule has 0 aliphatic heterocycles. The standard InChI is InChI=1S/C16H20N4O3/c1-20-14(9-10-17-20)19-16(23)18-13(7-8-15(21)22)11-12-5-3-2-4-6-12/h2-6,9-10,13H,7-8,11H2,1H3,(H,21,22)(H2,18,19,23). The number of benzene rings is 1. The van der Waals surface area contributed by atoms with Gasteiger partial charge in [-0.25, -0.2) is 4.79 Å². The second-order valence-corrected chi connectivity index (χ2v) is 5.26. The summed E-state index contributed by atoms with van der Waals surface area (Å²) in [6.07, 6.45) is 2.53. The molecule has 1 atom stereocenters. The lowest BCUT2D eigenvalue weighted by molar-refractivity contribution is -0.137. The molecule has 1 heterocycles. The van der Waals surface area contributed by atoms with Gasteiger partial charge in [0.05, 0.1) is 6.20 Å². The van der Waals surface area contributed by atoms with Gasteiger partial charge in [0.2, 0.25) is 0 Å². The number of carboxylic acids is 1. The first-order valence-corrected chi connectivity index (χ1v) is 7.36. The van der Waals surface area contributed by atoms with E-state index >= 15 is 0 Å². The normalized spacial score (nSPS) is 11.7. The SMILES string of the molecule is Cn1nccc1NC(=O)NC(CCC(=O)O)Cc1ccccc1. The molecule has 3 N–H and O–H groups in total. The minimum absolute atomic E-state index is 0.00346. The Morgan fingerprint density at radius 2 is 2.00 bits per heavy atom. The van der Waals surface area contributed by atoms with Crippen LogP contribution in [0.4, 0.5) is 10.6 Å². The number of amides is 2. The fourth-order valence-electron chi connectivity index (χ4n) is 2.26. The van der Waals surface area contributed by atoms with Crippen molar-refractivity contribution >= 4 is 17.8 Å². The quantitative estimate of drug-likeness (QED) is 0.728. The average Bonchev–Trinajstić information content (AvgIpc) is 2.91. The lowest BCUT2D eigenvalue weighted by atomic mass is 10.0. The van der Waals surface area contributed by atoms with Gasteiger partial charge in [-0.2, -0.15) is 5.10 Å². The third-order valence-corrected chi connectivity index (χ3v) is 3.43. The molecule has 7 nitrogen and oxygen atoms in total. The van der Waals surface area contributed by atoms with Crippen molar-refractivity contribution in [2.45, 2.75) is 25.3 Å². The highest BCUT2D eigenvalue weighted by atomic mass is 16.4. The number of carbonyl (C=O) groups excluding carboxylic acids is 1. The minimum Gasteiger partial charge on any atom is -0.481 e. The smallest absolute Gasteiger partial charge is 0.320 e. The average molecular weight is 316 g/mol. The van der Waals surface area contributed by atoms with Crippen molar-refractivity contribution in [2.75, 3.05) is 5.32 Å². The lowest BCUT2D eigenvalue weighted by Crippen LogP contribution is -2.40. The van der Waals surface area contributed by atoms with Gasteiger partial charge in [0.25, 0.3) is 0 Å². The number of urea groups is 1. The van der Waals surface area contributed by atoms with Gasteiger partial charge < -0.3 is 10.4 Å². The van der Waals surface area contributed by atoms with E-state index in [9.17, 15) is 9.59 Å². The van der Waals surface area contributed by atoms with E-state index in [4.69, 9.17) is 5.11 Å². The van der Waals surface area contributed by atoms with Crippen LogP contribution in [-0.4, -0.2) is 32.9 Å². The number of aliphatic carboxylic acids is 1. The molecule has 1 aromatic heterocycles. The molecule has 0 spiro atoms. The lowest BCUT2D eigenvalue weighted by Gasteiger charge is -2.18. The van der Waals surface area contributed by atoms with Crippen molar-refractivity contribution in [1.29, 1.82) is 0 Å². The molecule has 0 saturated carbocycles. The van der Waals surface area contributed by atoms with Gasteiger partial charge in [-0.1, -0.05) is 30.3 Å². The summed E-state index contributed by atoms with van der Waals surface area (Å²) in [6, 6.07) is 10.7. The number of aromatic nitrogens is 2. The molecular weight excluding hydrogens is 296 g/mol. The first kappa shape index (κ1) is 16.5. The predicted octanol–water partition coefficient (Wildman–Crippen LogP) is 2.02. The van der Waals surface area contributed by atoms with Gasteiger partial charge in [-0.3, -0.25) is 14.8 Å². The number of hydrogen-bond acceptors (Lipinski definition) is 3. The molecule has 122 valence electrons. The minimum atomic E-state index is -0.878. The Morgan fingerprint density at radius 3 is 2.61 bits per heavy atom. The van der Waals surface area contributed by atoms with Crippen LogP contribution < -0.4 is 10.6 Å². The Kier molecular flexibility index (Phi) is 5.74. The van der Waals surface area contributed by atoms with Crippen LogP contribution in [0.5, 0.6) is 0 Å². The summed E-state index contributed by atoms with van der Waals surface area (Å²) >= 11 is 0. The molecule has 2 aromatic rings. The topological polar surface area (TPSA) is 96.3 Å². The molecule has 1 unspecified atom stereocenters. The summed E-state index contributed by atoms with van der Waals surface area (Å²) in [7, 11) is 1.72. The Balaban J connectivity index is 1.97. The molecule has 2 rings (SSSR count). The number of anilines is 1. The highest BCUT2D eigenvalue weighted by molar-refractivity contribution is 5.88. The zero-order chi connectivity index (χ0) is 16.7. The van der Waals surface area contributed by atoms with Crippen molar-refractivity contribution in [2.24, 2.45) is 7.05 Å². The molecule has 2 amide bonds. The molecule has 0 aliphatic rings. The molecule has 0 bridgehead atoms. The number of carboxylic acid groups (broad SMARTS) is 1. The maximum absolute atomic E-state index is 12.1. The maximum Gasteiger partial charge on any atom is 0.320 e. The Bertz CT molecular complexity index is 654. The number of hydrogen-bond donors (Lipinski definition) is 3. The molecule has 1 aromatic carbocycles. The van der Waals surface area contributed by atoms with Crippen LogP contribution in [0.2, 0.25) is 0 Å². The summed E-state index contributed by atoms with van der Waals surface area (Å²) in [6.45, 7) is 0.